The first-order valence-electron chi connectivity index (χ1n) is 9.49. The van der Waals surface area contributed by atoms with E-state index in [1.807, 2.05) is 42.2 Å². The number of para-hydroxylation sites is 1. The van der Waals surface area contributed by atoms with Crippen LogP contribution in [-0.4, -0.2) is 56.2 Å². The van der Waals surface area contributed by atoms with Gasteiger partial charge in [0, 0.05) is 26.1 Å². The predicted octanol–water partition coefficient (Wildman–Crippen LogP) is 2.24. The standard InChI is InChI=1S/C20H30N2O4/c1-2-7-19(23)21-14-17-8-6-11-22(15-17)20(24)16-25-12-13-26-18-9-4-3-5-10-18/h3-5,9-10,17H,2,6-8,11-16H2,1H3,(H,21,23)/t17-/m1/s1. The summed E-state index contributed by atoms with van der Waals surface area (Å²) in [5.41, 5.74) is 0. The Labute approximate surface area is 155 Å². The van der Waals surface area contributed by atoms with E-state index in [0.717, 1.165) is 31.6 Å². The first kappa shape index (κ1) is 20.2. The van der Waals surface area contributed by atoms with Gasteiger partial charge in [-0.15, -0.1) is 0 Å². The average Bonchev–Trinajstić information content (AvgIpc) is 2.67. The van der Waals surface area contributed by atoms with Crippen molar-refractivity contribution in [2.45, 2.75) is 32.6 Å². The van der Waals surface area contributed by atoms with Gasteiger partial charge >= 0.3 is 0 Å². The lowest BCUT2D eigenvalue weighted by molar-refractivity contribution is -0.138. The molecule has 1 saturated heterocycles. The van der Waals surface area contributed by atoms with Crippen LogP contribution in [-0.2, 0) is 14.3 Å². The van der Waals surface area contributed by atoms with Crippen molar-refractivity contribution < 1.29 is 19.1 Å². The summed E-state index contributed by atoms with van der Waals surface area (Å²) in [6.07, 6.45) is 3.43. The molecule has 144 valence electrons. The van der Waals surface area contributed by atoms with Crippen molar-refractivity contribution in [1.29, 1.82) is 0 Å². The summed E-state index contributed by atoms with van der Waals surface area (Å²) in [4.78, 5) is 25.7. The molecule has 1 heterocycles. The van der Waals surface area contributed by atoms with Crippen molar-refractivity contribution >= 4 is 11.8 Å². The Morgan fingerprint density at radius 2 is 2.04 bits per heavy atom. The van der Waals surface area contributed by atoms with Crippen molar-refractivity contribution in [3.05, 3.63) is 30.3 Å². The fourth-order valence-corrected chi connectivity index (χ4v) is 3.02. The molecule has 2 amide bonds. The number of carbonyl (C=O) groups is 2. The van der Waals surface area contributed by atoms with E-state index in [9.17, 15) is 9.59 Å². The molecular formula is C20H30N2O4. The topological polar surface area (TPSA) is 67.9 Å². The van der Waals surface area contributed by atoms with Crippen LogP contribution in [0.15, 0.2) is 30.3 Å². The molecule has 1 aliphatic rings. The molecule has 0 unspecified atom stereocenters. The van der Waals surface area contributed by atoms with E-state index >= 15 is 0 Å². The van der Waals surface area contributed by atoms with Gasteiger partial charge < -0.3 is 19.7 Å². The lowest BCUT2D eigenvalue weighted by Gasteiger charge is -2.32. The zero-order chi connectivity index (χ0) is 18.6. The summed E-state index contributed by atoms with van der Waals surface area (Å²) < 4.78 is 11.0. The summed E-state index contributed by atoms with van der Waals surface area (Å²) in [5, 5.41) is 2.96. The molecule has 2 rings (SSSR count). The maximum absolute atomic E-state index is 12.3. The maximum atomic E-state index is 12.3. The van der Waals surface area contributed by atoms with Crippen molar-refractivity contribution in [2.75, 3.05) is 39.5 Å². The minimum Gasteiger partial charge on any atom is -0.491 e. The van der Waals surface area contributed by atoms with Gasteiger partial charge in [0.05, 0.1) is 6.61 Å². The van der Waals surface area contributed by atoms with Crippen LogP contribution < -0.4 is 10.1 Å². The first-order chi connectivity index (χ1) is 12.7. The Balaban J connectivity index is 1.60. The highest BCUT2D eigenvalue weighted by Gasteiger charge is 2.23. The van der Waals surface area contributed by atoms with Crippen LogP contribution in [0.25, 0.3) is 0 Å². The van der Waals surface area contributed by atoms with Gasteiger partial charge in [0.25, 0.3) is 0 Å². The molecule has 0 bridgehead atoms. The zero-order valence-electron chi connectivity index (χ0n) is 15.6. The van der Waals surface area contributed by atoms with Gasteiger partial charge in [-0.25, -0.2) is 0 Å². The first-order valence-corrected chi connectivity index (χ1v) is 9.49. The second kappa shape index (κ2) is 11.5. The Bertz CT molecular complexity index is 550. The Morgan fingerprint density at radius 1 is 1.23 bits per heavy atom. The van der Waals surface area contributed by atoms with Gasteiger partial charge in [-0.05, 0) is 37.3 Å². The molecule has 0 radical (unpaired) electrons. The van der Waals surface area contributed by atoms with E-state index in [1.54, 1.807) is 0 Å². The zero-order valence-corrected chi connectivity index (χ0v) is 15.6. The minimum absolute atomic E-state index is 0.00861. The number of rotatable bonds is 10. The SMILES string of the molecule is CCCC(=O)NC[C@H]1CCCN(C(=O)COCCOc2ccccc2)C1. The number of nitrogens with zero attached hydrogens (tertiary/aromatic N) is 1. The van der Waals surface area contributed by atoms with Crippen LogP contribution in [0, 0.1) is 5.92 Å². The molecule has 0 spiro atoms. The monoisotopic (exact) mass is 362 g/mol. The second-order valence-electron chi connectivity index (χ2n) is 6.62. The fraction of sp³-hybridized carbons (Fsp3) is 0.600. The van der Waals surface area contributed by atoms with Crippen LogP contribution in [0.2, 0.25) is 0 Å². The highest BCUT2D eigenvalue weighted by molar-refractivity contribution is 5.77. The van der Waals surface area contributed by atoms with E-state index in [2.05, 4.69) is 5.32 Å². The summed E-state index contributed by atoms with van der Waals surface area (Å²) in [6, 6.07) is 9.54. The van der Waals surface area contributed by atoms with E-state index < -0.39 is 0 Å². The number of hydrogen-bond donors (Lipinski definition) is 1. The van der Waals surface area contributed by atoms with Gasteiger partial charge in [-0.1, -0.05) is 25.1 Å². The van der Waals surface area contributed by atoms with E-state index in [4.69, 9.17) is 9.47 Å². The molecule has 0 aliphatic carbocycles. The molecule has 26 heavy (non-hydrogen) atoms. The molecule has 6 heteroatoms. The Morgan fingerprint density at radius 3 is 2.81 bits per heavy atom. The molecule has 1 fully saturated rings. The quantitative estimate of drug-likeness (QED) is 0.648. The van der Waals surface area contributed by atoms with Gasteiger partial charge in [-0.3, -0.25) is 9.59 Å². The van der Waals surface area contributed by atoms with Crippen LogP contribution in [0.4, 0.5) is 0 Å². The molecule has 1 atom stereocenters. The van der Waals surface area contributed by atoms with Gasteiger partial charge in [0.2, 0.25) is 11.8 Å². The number of ether oxygens (including phenoxy) is 2. The van der Waals surface area contributed by atoms with Crippen LogP contribution in [0.3, 0.4) is 0 Å². The summed E-state index contributed by atoms with van der Waals surface area (Å²) in [7, 11) is 0. The molecule has 0 aromatic heterocycles. The lowest BCUT2D eigenvalue weighted by atomic mass is 9.98. The van der Waals surface area contributed by atoms with Crippen LogP contribution in [0.5, 0.6) is 5.75 Å². The van der Waals surface area contributed by atoms with Crippen molar-refractivity contribution in [3.8, 4) is 5.75 Å². The highest BCUT2D eigenvalue weighted by atomic mass is 16.5. The average molecular weight is 362 g/mol. The number of amides is 2. The molecule has 1 aliphatic heterocycles. The normalized spacial score (nSPS) is 17.0. The van der Waals surface area contributed by atoms with Crippen molar-refractivity contribution in [1.82, 2.24) is 10.2 Å². The number of carbonyl (C=O) groups excluding carboxylic acids is 2. The van der Waals surface area contributed by atoms with Crippen molar-refractivity contribution in [3.63, 3.8) is 0 Å². The molecule has 1 aromatic rings. The maximum Gasteiger partial charge on any atom is 0.248 e. The number of nitrogens with one attached hydrogen (secondary N) is 1. The molecule has 6 nitrogen and oxygen atoms in total. The van der Waals surface area contributed by atoms with Gasteiger partial charge in [-0.2, -0.15) is 0 Å². The molecule has 1 N–H and O–H groups in total. The Hall–Kier alpha value is -2.08. The van der Waals surface area contributed by atoms with E-state index in [-0.39, 0.29) is 18.4 Å². The third-order valence-corrected chi connectivity index (χ3v) is 4.40. The van der Waals surface area contributed by atoms with E-state index in [1.165, 1.54) is 0 Å². The van der Waals surface area contributed by atoms with Crippen molar-refractivity contribution in [2.24, 2.45) is 5.92 Å². The smallest absolute Gasteiger partial charge is 0.248 e. The number of hydrogen-bond acceptors (Lipinski definition) is 4. The molecule has 0 saturated carbocycles. The van der Waals surface area contributed by atoms with Crippen LogP contribution >= 0.6 is 0 Å². The number of benzene rings is 1. The highest BCUT2D eigenvalue weighted by Crippen LogP contribution is 2.16. The number of piperidine rings is 1. The third kappa shape index (κ3) is 7.44. The summed E-state index contributed by atoms with van der Waals surface area (Å²) in [6.45, 7) is 4.97. The largest absolute Gasteiger partial charge is 0.491 e. The minimum atomic E-state index is 0.00861. The Kier molecular flexibility index (Phi) is 8.96. The molecule has 1 aromatic carbocycles. The number of likely N-dealkylation sites (tertiary alicyclic amines) is 1. The molecular weight excluding hydrogens is 332 g/mol. The van der Waals surface area contributed by atoms with E-state index in [0.29, 0.717) is 38.6 Å². The van der Waals surface area contributed by atoms with Gasteiger partial charge in [0.15, 0.2) is 0 Å². The lowest BCUT2D eigenvalue weighted by Crippen LogP contribution is -2.45. The third-order valence-electron chi connectivity index (χ3n) is 4.40. The van der Waals surface area contributed by atoms with Gasteiger partial charge in [0.1, 0.15) is 19.0 Å². The summed E-state index contributed by atoms with van der Waals surface area (Å²) in [5.74, 6) is 1.23. The second-order valence-corrected chi connectivity index (χ2v) is 6.62. The van der Waals surface area contributed by atoms with Crippen LogP contribution in [0.1, 0.15) is 32.6 Å². The fourth-order valence-electron chi connectivity index (χ4n) is 3.02. The predicted molar refractivity (Wildman–Crippen MR) is 100.0 cm³/mol. The summed E-state index contributed by atoms with van der Waals surface area (Å²) >= 11 is 0.